The van der Waals surface area contributed by atoms with E-state index in [0.29, 0.717) is 12.6 Å². The van der Waals surface area contributed by atoms with Crippen LogP contribution < -0.4 is 11.1 Å². The van der Waals surface area contributed by atoms with Crippen LogP contribution in [0.2, 0.25) is 0 Å². The first-order valence-electron chi connectivity index (χ1n) is 7.36. The Hall–Kier alpha value is -0.570. The quantitative estimate of drug-likeness (QED) is 0.734. The molecule has 1 saturated carbocycles. The predicted molar refractivity (Wildman–Crippen MR) is 76.2 cm³/mol. The SMILES string of the molecule is CCC(CC1CC1)NC(=O)C(CN)CC(C)(C)C. The van der Waals surface area contributed by atoms with Gasteiger partial charge in [0.15, 0.2) is 0 Å². The highest BCUT2D eigenvalue weighted by Gasteiger charge is 2.28. The average Bonchev–Trinajstić information content (AvgIpc) is 3.07. The second-order valence-electron chi connectivity index (χ2n) is 6.99. The minimum Gasteiger partial charge on any atom is -0.353 e. The molecule has 0 aromatic heterocycles. The summed E-state index contributed by atoms with van der Waals surface area (Å²) in [5, 5.41) is 3.19. The van der Waals surface area contributed by atoms with E-state index in [2.05, 4.69) is 33.0 Å². The van der Waals surface area contributed by atoms with E-state index < -0.39 is 0 Å². The van der Waals surface area contributed by atoms with E-state index in [0.717, 1.165) is 25.2 Å². The van der Waals surface area contributed by atoms with Gasteiger partial charge in [0.2, 0.25) is 5.91 Å². The van der Waals surface area contributed by atoms with Gasteiger partial charge in [0.05, 0.1) is 5.92 Å². The Morgan fingerprint density at radius 1 is 1.39 bits per heavy atom. The van der Waals surface area contributed by atoms with Crippen LogP contribution in [0.5, 0.6) is 0 Å². The summed E-state index contributed by atoms with van der Waals surface area (Å²) in [6.07, 6.45) is 5.71. The number of hydrogen-bond acceptors (Lipinski definition) is 2. The molecule has 0 radical (unpaired) electrons. The summed E-state index contributed by atoms with van der Waals surface area (Å²) in [6.45, 7) is 9.07. The molecule has 0 heterocycles. The molecule has 2 atom stereocenters. The van der Waals surface area contributed by atoms with Crippen LogP contribution in [0.4, 0.5) is 0 Å². The zero-order valence-electron chi connectivity index (χ0n) is 12.5. The van der Waals surface area contributed by atoms with Gasteiger partial charge < -0.3 is 11.1 Å². The number of amides is 1. The summed E-state index contributed by atoms with van der Waals surface area (Å²) in [7, 11) is 0. The molecule has 1 aliphatic rings. The smallest absolute Gasteiger partial charge is 0.224 e. The molecule has 3 nitrogen and oxygen atoms in total. The first-order chi connectivity index (χ1) is 8.35. The summed E-state index contributed by atoms with van der Waals surface area (Å²) in [4.78, 5) is 12.2. The van der Waals surface area contributed by atoms with Crippen LogP contribution in [-0.4, -0.2) is 18.5 Å². The van der Waals surface area contributed by atoms with Crippen LogP contribution in [0.15, 0.2) is 0 Å². The second kappa shape index (κ2) is 6.55. The molecule has 1 fully saturated rings. The van der Waals surface area contributed by atoms with Gasteiger partial charge in [-0.1, -0.05) is 40.5 Å². The third-order valence-electron chi connectivity index (χ3n) is 3.67. The first kappa shape index (κ1) is 15.5. The standard InChI is InChI=1S/C15H30N2O/c1-5-13(8-11-6-7-11)17-14(18)12(10-16)9-15(2,3)4/h11-13H,5-10,16H2,1-4H3,(H,17,18). The maximum Gasteiger partial charge on any atom is 0.224 e. The van der Waals surface area contributed by atoms with Gasteiger partial charge in [-0.2, -0.15) is 0 Å². The van der Waals surface area contributed by atoms with E-state index in [9.17, 15) is 4.79 Å². The van der Waals surface area contributed by atoms with Crippen molar-refractivity contribution in [1.29, 1.82) is 0 Å². The highest BCUT2D eigenvalue weighted by atomic mass is 16.1. The number of carbonyl (C=O) groups excluding carboxylic acids is 1. The lowest BCUT2D eigenvalue weighted by Crippen LogP contribution is -2.42. The Morgan fingerprint density at radius 3 is 2.39 bits per heavy atom. The molecule has 1 rings (SSSR count). The fourth-order valence-corrected chi connectivity index (χ4v) is 2.42. The minimum atomic E-state index is -0.0433. The van der Waals surface area contributed by atoms with E-state index >= 15 is 0 Å². The minimum absolute atomic E-state index is 0.0433. The van der Waals surface area contributed by atoms with Crippen molar-refractivity contribution >= 4 is 5.91 Å². The largest absolute Gasteiger partial charge is 0.353 e. The van der Waals surface area contributed by atoms with Crippen LogP contribution in [0, 0.1) is 17.3 Å². The lowest BCUT2D eigenvalue weighted by Gasteiger charge is -2.26. The summed E-state index contributed by atoms with van der Waals surface area (Å²) < 4.78 is 0. The molecule has 3 N–H and O–H groups in total. The van der Waals surface area contributed by atoms with E-state index in [1.54, 1.807) is 0 Å². The normalized spacial score (nSPS) is 19.4. The first-order valence-corrected chi connectivity index (χ1v) is 7.36. The molecule has 3 heteroatoms. The van der Waals surface area contributed by atoms with Crippen LogP contribution in [0.1, 0.15) is 59.8 Å². The molecule has 0 saturated heterocycles. The van der Waals surface area contributed by atoms with Crippen LogP contribution >= 0.6 is 0 Å². The maximum absolute atomic E-state index is 12.2. The number of nitrogens with two attached hydrogens (primary N) is 1. The lowest BCUT2D eigenvalue weighted by molar-refractivity contribution is -0.126. The Morgan fingerprint density at radius 2 is 2.00 bits per heavy atom. The Bertz CT molecular complexity index is 266. The molecule has 106 valence electrons. The third-order valence-corrected chi connectivity index (χ3v) is 3.67. The highest BCUT2D eigenvalue weighted by molar-refractivity contribution is 5.79. The molecular formula is C15H30N2O. The van der Waals surface area contributed by atoms with Gasteiger partial charge in [0, 0.05) is 12.6 Å². The van der Waals surface area contributed by atoms with E-state index in [4.69, 9.17) is 5.73 Å². The summed E-state index contributed by atoms with van der Waals surface area (Å²) in [5.74, 6) is 0.965. The van der Waals surface area contributed by atoms with Crippen molar-refractivity contribution in [2.75, 3.05) is 6.54 Å². The molecule has 0 aromatic carbocycles. The van der Waals surface area contributed by atoms with Crippen LogP contribution in [0.25, 0.3) is 0 Å². The maximum atomic E-state index is 12.2. The number of nitrogens with one attached hydrogen (secondary N) is 1. The molecule has 2 unspecified atom stereocenters. The molecule has 0 aromatic rings. The monoisotopic (exact) mass is 254 g/mol. The van der Waals surface area contributed by atoms with E-state index in [1.807, 2.05) is 0 Å². The lowest BCUT2D eigenvalue weighted by atomic mass is 9.84. The Balaban J connectivity index is 2.43. The molecule has 0 spiro atoms. The number of rotatable bonds is 7. The van der Waals surface area contributed by atoms with Gasteiger partial charge in [-0.25, -0.2) is 0 Å². The zero-order chi connectivity index (χ0) is 13.8. The topological polar surface area (TPSA) is 55.1 Å². The van der Waals surface area contributed by atoms with Gasteiger partial charge in [-0.05, 0) is 30.6 Å². The molecule has 1 aliphatic carbocycles. The number of carbonyl (C=O) groups is 1. The van der Waals surface area contributed by atoms with Crippen molar-refractivity contribution in [3.05, 3.63) is 0 Å². The highest BCUT2D eigenvalue weighted by Crippen LogP contribution is 2.34. The van der Waals surface area contributed by atoms with E-state index in [1.165, 1.54) is 12.8 Å². The molecule has 18 heavy (non-hydrogen) atoms. The van der Waals surface area contributed by atoms with Crippen LogP contribution in [-0.2, 0) is 4.79 Å². The Kier molecular flexibility index (Phi) is 5.64. The Labute approximate surface area is 112 Å². The van der Waals surface area contributed by atoms with Crippen molar-refractivity contribution < 1.29 is 4.79 Å². The van der Waals surface area contributed by atoms with Crippen molar-refractivity contribution in [1.82, 2.24) is 5.32 Å². The predicted octanol–water partition coefficient (Wildman–Crippen LogP) is 2.69. The van der Waals surface area contributed by atoms with Gasteiger partial charge in [-0.3, -0.25) is 4.79 Å². The van der Waals surface area contributed by atoms with Gasteiger partial charge in [0.25, 0.3) is 0 Å². The van der Waals surface area contributed by atoms with Crippen molar-refractivity contribution in [3.8, 4) is 0 Å². The summed E-state index contributed by atoms with van der Waals surface area (Å²) >= 11 is 0. The summed E-state index contributed by atoms with van der Waals surface area (Å²) in [6, 6.07) is 0.346. The fraction of sp³-hybridized carbons (Fsp3) is 0.933. The van der Waals surface area contributed by atoms with Crippen molar-refractivity contribution in [2.24, 2.45) is 23.0 Å². The summed E-state index contributed by atoms with van der Waals surface area (Å²) in [5.41, 5.74) is 5.90. The van der Waals surface area contributed by atoms with Gasteiger partial charge >= 0.3 is 0 Å². The van der Waals surface area contributed by atoms with Gasteiger partial charge in [-0.15, -0.1) is 0 Å². The molecule has 0 aliphatic heterocycles. The third kappa shape index (κ3) is 5.85. The van der Waals surface area contributed by atoms with Crippen molar-refractivity contribution in [2.45, 2.75) is 65.8 Å². The second-order valence-corrected chi connectivity index (χ2v) is 6.99. The fourth-order valence-electron chi connectivity index (χ4n) is 2.42. The zero-order valence-corrected chi connectivity index (χ0v) is 12.5. The molecular weight excluding hydrogens is 224 g/mol. The van der Waals surface area contributed by atoms with Crippen molar-refractivity contribution in [3.63, 3.8) is 0 Å². The van der Waals surface area contributed by atoms with E-state index in [-0.39, 0.29) is 17.2 Å². The molecule has 0 bridgehead atoms. The van der Waals surface area contributed by atoms with Gasteiger partial charge in [0.1, 0.15) is 0 Å². The average molecular weight is 254 g/mol. The number of hydrogen-bond donors (Lipinski definition) is 2. The molecule has 1 amide bonds. The van der Waals surface area contributed by atoms with Crippen LogP contribution in [0.3, 0.4) is 0 Å².